The first-order valence-electron chi connectivity index (χ1n) is 5.57. The van der Waals surface area contributed by atoms with Crippen LogP contribution in [0.25, 0.3) is 0 Å². The zero-order valence-corrected chi connectivity index (χ0v) is 10.5. The van der Waals surface area contributed by atoms with Gasteiger partial charge in [-0.2, -0.15) is 5.10 Å². The van der Waals surface area contributed by atoms with Gasteiger partial charge in [-0.1, -0.05) is 0 Å². The van der Waals surface area contributed by atoms with Gasteiger partial charge in [0.05, 0.1) is 17.3 Å². The van der Waals surface area contributed by atoms with E-state index in [1.54, 1.807) is 13.3 Å². The number of nitrogens with zero attached hydrogens (tertiary/aromatic N) is 2. The topological polar surface area (TPSA) is 65.1 Å². The molecule has 1 aromatic rings. The van der Waals surface area contributed by atoms with Crippen molar-refractivity contribution in [3.8, 4) is 0 Å². The smallest absolute Gasteiger partial charge is 0.0656 e. The molecular formula is C11H22N4O. The lowest BCUT2D eigenvalue weighted by Crippen LogP contribution is -2.36. The minimum absolute atomic E-state index is 0.0531. The first-order chi connectivity index (χ1) is 7.54. The molecule has 0 aliphatic carbocycles. The molecule has 1 heterocycles. The van der Waals surface area contributed by atoms with Crippen LogP contribution in [0.4, 0.5) is 0 Å². The van der Waals surface area contributed by atoms with Gasteiger partial charge < -0.3 is 4.74 Å². The van der Waals surface area contributed by atoms with Crippen molar-refractivity contribution in [2.75, 3.05) is 7.11 Å². The van der Waals surface area contributed by atoms with Gasteiger partial charge in [0, 0.05) is 19.9 Å². The SMILES string of the molecule is CCn1nccc1C(CC(C)(C)OC)NN. The Kier molecular flexibility index (Phi) is 4.46. The summed E-state index contributed by atoms with van der Waals surface area (Å²) in [6.07, 6.45) is 2.59. The summed E-state index contributed by atoms with van der Waals surface area (Å²) in [7, 11) is 1.71. The number of methoxy groups -OCH3 is 1. The van der Waals surface area contributed by atoms with Crippen molar-refractivity contribution in [1.29, 1.82) is 0 Å². The van der Waals surface area contributed by atoms with Crippen LogP contribution in [0.1, 0.15) is 38.9 Å². The minimum Gasteiger partial charge on any atom is -0.379 e. The Bertz CT molecular complexity index is 322. The summed E-state index contributed by atoms with van der Waals surface area (Å²) in [4.78, 5) is 0. The molecule has 0 aliphatic heterocycles. The summed E-state index contributed by atoms with van der Waals surface area (Å²) in [5.41, 5.74) is 3.71. The molecule has 0 bridgehead atoms. The van der Waals surface area contributed by atoms with Gasteiger partial charge in [-0.15, -0.1) is 0 Å². The highest BCUT2D eigenvalue weighted by molar-refractivity contribution is 5.07. The molecule has 0 aromatic carbocycles. The molecule has 0 fully saturated rings. The fourth-order valence-electron chi connectivity index (χ4n) is 1.73. The molecule has 1 atom stereocenters. The Morgan fingerprint density at radius 1 is 1.62 bits per heavy atom. The number of hydrogen-bond donors (Lipinski definition) is 2. The van der Waals surface area contributed by atoms with Gasteiger partial charge in [0.25, 0.3) is 0 Å². The normalized spacial score (nSPS) is 14.1. The third-order valence-corrected chi connectivity index (χ3v) is 2.86. The van der Waals surface area contributed by atoms with E-state index >= 15 is 0 Å². The summed E-state index contributed by atoms with van der Waals surface area (Å²) < 4.78 is 7.36. The zero-order valence-electron chi connectivity index (χ0n) is 10.5. The average molecular weight is 226 g/mol. The molecule has 0 amide bonds. The van der Waals surface area contributed by atoms with E-state index in [2.05, 4.69) is 17.4 Å². The van der Waals surface area contributed by atoms with Gasteiger partial charge in [-0.25, -0.2) is 0 Å². The van der Waals surface area contributed by atoms with Crippen molar-refractivity contribution in [2.24, 2.45) is 5.84 Å². The number of nitrogens with two attached hydrogens (primary N) is 1. The second-order valence-corrected chi connectivity index (χ2v) is 4.46. The number of ether oxygens (including phenoxy) is 1. The molecular weight excluding hydrogens is 204 g/mol. The maximum atomic E-state index is 5.60. The lowest BCUT2D eigenvalue weighted by molar-refractivity contribution is 0.00610. The number of aryl methyl sites for hydroxylation is 1. The van der Waals surface area contributed by atoms with Crippen LogP contribution in [0, 0.1) is 0 Å². The summed E-state index contributed by atoms with van der Waals surface area (Å²) in [5, 5.41) is 4.24. The molecule has 1 unspecified atom stereocenters. The van der Waals surface area contributed by atoms with E-state index in [4.69, 9.17) is 10.6 Å². The van der Waals surface area contributed by atoms with E-state index in [0.29, 0.717) is 0 Å². The molecule has 0 aliphatic rings. The van der Waals surface area contributed by atoms with Crippen LogP contribution in [-0.4, -0.2) is 22.5 Å². The highest BCUT2D eigenvalue weighted by Gasteiger charge is 2.25. The van der Waals surface area contributed by atoms with Gasteiger partial charge in [-0.05, 0) is 33.3 Å². The van der Waals surface area contributed by atoms with Crippen LogP contribution >= 0.6 is 0 Å². The lowest BCUT2D eigenvalue weighted by Gasteiger charge is -2.28. The van der Waals surface area contributed by atoms with Crippen molar-refractivity contribution in [3.63, 3.8) is 0 Å². The van der Waals surface area contributed by atoms with E-state index < -0.39 is 0 Å². The van der Waals surface area contributed by atoms with Crippen LogP contribution < -0.4 is 11.3 Å². The first-order valence-corrected chi connectivity index (χ1v) is 5.57. The summed E-state index contributed by atoms with van der Waals surface area (Å²) >= 11 is 0. The predicted octanol–water partition coefficient (Wildman–Crippen LogP) is 1.22. The number of hydrogen-bond acceptors (Lipinski definition) is 4. The van der Waals surface area contributed by atoms with Gasteiger partial charge in [0.2, 0.25) is 0 Å². The Labute approximate surface area is 96.9 Å². The molecule has 0 saturated heterocycles. The van der Waals surface area contributed by atoms with Gasteiger partial charge >= 0.3 is 0 Å². The monoisotopic (exact) mass is 226 g/mol. The van der Waals surface area contributed by atoms with Gasteiger partial charge in [0.1, 0.15) is 0 Å². The van der Waals surface area contributed by atoms with Crippen LogP contribution in [0.15, 0.2) is 12.3 Å². The molecule has 5 nitrogen and oxygen atoms in total. The quantitative estimate of drug-likeness (QED) is 0.565. The van der Waals surface area contributed by atoms with Crippen molar-refractivity contribution in [3.05, 3.63) is 18.0 Å². The van der Waals surface area contributed by atoms with E-state index in [1.165, 1.54) is 0 Å². The largest absolute Gasteiger partial charge is 0.379 e. The Hall–Kier alpha value is -0.910. The predicted molar refractivity (Wildman–Crippen MR) is 63.7 cm³/mol. The number of nitrogens with one attached hydrogen (secondary N) is 1. The third-order valence-electron chi connectivity index (χ3n) is 2.86. The van der Waals surface area contributed by atoms with Crippen LogP contribution in [0.2, 0.25) is 0 Å². The molecule has 0 radical (unpaired) electrons. The van der Waals surface area contributed by atoms with E-state index in [9.17, 15) is 0 Å². The van der Waals surface area contributed by atoms with E-state index in [0.717, 1.165) is 18.7 Å². The molecule has 16 heavy (non-hydrogen) atoms. The number of aromatic nitrogens is 2. The van der Waals surface area contributed by atoms with Crippen molar-refractivity contribution < 1.29 is 4.74 Å². The van der Waals surface area contributed by atoms with Crippen molar-refractivity contribution in [2.45, 2.75) is 45.4 Å². The molecule has 0 saturated carbocycles. The second-order valence-electron chi connectivity index (χ2n) is 4.46. The molecule has 3 N–H and O–H groups in total. The van der Waals surface area contributed by atoms with Gasteiger partial charge in [0.15, 0.2) is 0 Å². The molecule has 0 spiro atoms. The Balaban J connectivity index is 2.82. The second kappa shape index (κ2) is 5.43. The highest BCUT2D eigenvalue weighted by atomic mass is 16.5. The summed E-state index contributed by atoms with van der Waals surface area (Å²) in [6.45, 7) is 6.99. The zero-order chi connectivity index (χ0) is 12.2. The number of hydrazine groups is 1. The fourth-order valence-corrected chi connectivity index (χ4v) is 1.73. The number of rotatable bonds is 6. The maximum absolute atomic E-state index is 5.60. The minimum atomic E-state index is -0.208. The van der Waals surface area contributed by atoms with Crippen molar-refractivity contribution >= 4 is 0 Å². The first kappa shape index (κ1) is 13.2. The van der Waals surface area contributed by atoms with Crippen LogP contribution in [0.3, 0.4) is 0 Å². The van der Waals surface area contributed by atoms with E-state index in [1.807, 2.05) is 24.6 Å². The summed E-state index contributed by atoms with van der Waals surface area (Å²) in [6, 6.07) is 2.04. The van der Waals surface area contributed by atoms with Crippen molar-refractivity contribution in [1.82, 2.24) is 15.2 Å². The average Bonchev–Trinajstić information content (AvgIpc) is 2.74. The molecule has 92 valence electrons. The van der Waals surface area contributed by atoms with Gasteiger partial charge in [-0.3, -0.25) is 16.0 Å². The van der Waals surface area contributed by atoms with Crippen LogP contribution in [0.5, 0.6) is 0 Å². The van der Waals surface area contributed by atoms with Crippen LogP contribution in [-0.2, 0) is 11.3 Å². The standard InChI is InChI=1S/C11H22N4O/c1-5-15-10(6-7-13-15)9(14-12)8-11(2,3)16-4/h6-7,9,14H,5,8,12H2,1-4H3. The highest BCUT2D eigenvalue weighted by Crippen LogP contribution is 2.25. The Morgan fingerprint density at radius 3 is 2.81 bits per heavy atom. The van der Waals surface area contributed by atoms with E-state index in [-0.39, 0.29) is 11.6 Å². The molecule has 1 rings (SSSR count). The maximum Gasteiger partial charge on any atom is 0.0656 e. The molecule has 5 heteroatoms. The lowest BCUT2D eigenvalue weighted by atomic mass is 9.97. The fraction of sp³-hybridized carbons (Fsp3) is 0.727. The summed E-state index contributed by atoms with van der Waals surface area (Å²) in [5.74, 6) is 5.60. The molecule has 1 aromatic heterocycles. The Morgan fingerprint density at radius 2 is 2.31 bits per heavy atom. The third kappa shape index (κ3) is 3.04.